The van der Waals surface area contributed by atoms with Crippen LogP contribution in [0.2, 0.25) is 0 Å². The number of hydrogen-bond acceptors (Lipinski definition) is 1. The van der Waals surface area contributed by atoms with Crippen LogP contribution in [-0.2, 0) is 0 Å². The molecule has 0 fully saturated rings. The second-order valence-electron chi connectivity index (χ2n) is 0.214. The first-order valence-corrected chi connectivity index (χ1v) is 1.90. The minimum Gasteiger partial charge on any atom is -0.400 e. The first-order valence-electron chi connectivity index (χ1n) is 3.18. The molecule has 4 heteroatoms. The van der Waals surface area contributed by atoms with Crippen molar-refractivity contribution in [3.8, 4) is 0 Å². The molecule has 1 N–H and O–H groups in total. The van der Waals surface area contributed by atoms with Crippen molar-refractivity contribution in [3.05, 3.63) is 0 Å². The van der Waals surface area contributed by atoms with Crippen molar-refractivity contribution in [2.45, 2.75) is 4.27 Å². The Bertz CT molecular complexity index is 90.9. The molecular weight excluding hydrogens is 146 g/mol. The summed E-state index contributed by atoms with van der Waals surface area (Å²) < 4.78 is 28.5. The van der Waals surface area contributed by atoms with Crippen LogP contribution in [0.1, 0.15) is 5.48 Å². The molecular formula is C2H5Cl3O. The van der Waals surface area contributed by atoms with Gasteiger partial charge in [0.1, 0.15) is 0 Å². The molecule has 0 heterocycles. The van der Waals surface area contributed by atoms with Crippen LogP contribution in [0.4, 0.5) is 0 Å². The summed E-state index contributed by atoms with van der Waals surface area (Å²) >= 11 is 14.2. The number of rotatable bonds is 0. The van der Waals surface area contributed by atoms with Crippen LogP contribution < -0.4 is 0 Å². The fourth-order valence-corrected chi connectivity index (χ4v) is 0. The first-order chi connectivity index (χ1) is 4.56. The molecule has 0 bridgehead atoms. The molecule has 0 unspecified atom stereocenters. The van der Waals surface area contributed by atoms with Gasteiger partial charge in [0.05, 0.1) is 5.48 Å². The van der Waals surface area contributed by atoms with E-state index in [4.69, 9.17) is 41.7 Å². The normalized spacial score (nSPS) is 22.8. The van der Waals surface area contributed by atoms with Gasteiger partial charge in [0, 0.05) is 7.04 Å². The van der Waals surface area contributed by atoms with Gasteiger partial charge in [-0.3, -0.25) is 0 Å². The Morgan fingerprint density at radius 1 is 2.00 bits per heavy atom. The molecule has 0 aliphatic carbocycles. The van der Waals surface area contributed by atoms with Gasteiger partial charge in [0.2, 0.25) is 1.43 Å². The summed E-state index contributed by atoms with van der Waals surface area (Å²) in [6.45, 7) is 0. The molecule has 0 aliphatic rings. The number of alkyl halides is 3. The van der Waals surface area contributed by atoms with Gasteiger partial charge in [-0.1, -0.05) is 34.8 Å². The minimum atomic E-state index is -2.54. The van der Waals surface area contributed by atoms with Gasteiger partial charge < -0.3 is 5.11 Å². The Kier molecular flexibility index (Phi) is 3.71. The van der Waals surface area contributed by atoms with Gasteiger partial charge in [0.15, 0.2) is 4.27 Å². The van der Waals surface area contributed by atoms with E-state index in [0.29, 0.717) is 0 Å². The van der Waals surface area contributed by atoms with E-state index in [0.717, 1.165) is 0 Å². The zero-order chi connectivity index (χ0) is 9.71. The van der Waals surface area contributed by atoms with E-state index < -0.39 is 11.3 Å². The van der Waals surface area contributed by atoms with Crippen LogP contribution in [0.15, 0.2) is 0 Å². The fourth-order valence-electron chi connectivity index (χ4n) is 0. The lowest BCUT2D eigenvalue weighted by Gasteiger charge is -1.69. The lowest BCUT2D eigenvalue weighted by molar-refractivity contribution is 0.399. The summed E-state index contributed by atoms with van der Waals surface area (Å²) in [4.78, 5) is 0. The standard InChI is InChI=1S/CHCl3.CH4O/c2-1(3)4;1-2/h1H;2H,1H3/i1D;1D3,2D. The summed E-state index contributed by atoms with van der Waals surface area (Å²) in [6, 6.07) is 0. The molecule has 0 radical (unpaired) electrons. The highest BCUT2D eigenvalue weighted by Crippen LogP contribution is 2.03. The molecule has 0 spiro atoms. The zero-order valence-corrected chi connectivity index (χ0v) is 4.81. The van der Waals surface area contributed by atoms with Gasteiger partial charge in [0.25, 0.3) is 0 Å². The first kappa shape index (κ1) is 2.40. The van der Waals surface area contributed by atoms with Crippen molar-refractivity contribution < 1.29 is 10.6 Å². The van der Waals surface area contributed by atoms with Gasteiger partial charge in [-0.15, -0.1) is 0 Å². The third kappa shape index (κ3) is 103. The van der Waals surface area contributed by atoms with Crippen molar-refractivity contribution in [1.82, 2.24) is 0 Å². The molecule has 40 valence electrons. The van der Waals surface area contributed by atoms with E-state index in [2.05, 4.69) is 5.11 Å². The minimum absolute atomic E-state index is 1.83. The molecule has 0 amide bonds. The maximum absolute atomic E-state index is 6.23. The van der Waals surface area contributed by atoms with E-state index >= 15 is 0 Å². The van der Waals surface area contributed by atoms with Crippen molar-refractivity contribution in [1.29, 1.82) is 1.43 Å². The van der Waals surface area contributed by atoms with E-state index in [1.807, 2.05) is 0 Å². The Hall–Kier alpha value is 0.830. The number of aliphatic hydroxyl groups is 1. The maximum atomic E-state index is 6.23. The largest absolute Gasteiger partial charge is 0.400 e. The van der Waals surface area contributed by atoms with Gasteiger partial charge >= 0.3 is 0 Å². The Labute approximate surface area is 58.9 Å². The lowest BCUT2D eigenvalue weighted by Crippen LogP contribution is -1.55. The van der Waals surface area contributed by atoms with Gasteiger partial charge in [-0.25, -0.2) is 0 Å². The maximum Gasteiger partial charge on any atom is 0.210 e. The highest BCUT2D eigenvalue weighted by Gasteiger charge is 1.78. The SMILES string of the molecule is [2H]C(Cl)(Cl)Cl.[2H]OC([2H])([2H])[2H]. The second-order valence-corrected chi connectivity index (χ2v) is 1.93. The monoisotopic (exact) mass is 155 g/mol. The molecule has 6 heavy (non-hydrogen) atoms. The average molecular weight is 156 g/mol. The smallest absolute Gasteiger partial charge is 0.210 e. The summed E-state index contributed by atoms with van der Waals surface area (Å²) in [6.07, 6.45) is 0. The molecule has 0 saturated carbocycles. The third-order valence-corrected chi connectivity index (χ3v) is 0. The van der Waals surface area contributed by atoms with Gasteiger partial charge in [-0.05, 0) is 0 Å². The summed E-state index contributed by atoms with van der Waals surface area (Å²) in [5.74, 6) is 0. The van der Waals surface area contributed by atoms with E-state index in [1.165, 1.54) is 0 Å². The van der Waals surface area contributed by atoms with E-state index in [1.54, 1.807) is 0 Å². The third-order valence-electron chi connectivity index (χ3n) is 0. The zero-order valence-electron chi connectivity index (χ0n) is 7.54. The predicted molar refractivity (Wildman–Crippen MR) is 29.5 cm³/mol. The van der Waals surface area contributed by atoms with Crippen LogP contribution in [0.3, 0.4) is 0 Å². The summed E-state index contributed by atoms with van der Waals surface area (Å²) in [7, 11) is -2.54. The predicted octanol–water partition coefficient (Wildman–Crippen LogP) is 1.59. The highest BCUT2D eigenvalue weighted by molar-refractivity contribution is 6.63. The Balaban J connectivity index is 0. The summed E-state index contributed by atoms with van der Waals surface area (Å²) in [5.41, 5.74) is 0. The topological polar surface area (TPSA) is 20.2 Å². The quantitative estimate of drug-likeness (QED) is 0.528. The van der Waals surface area contributed by atoms with Crippen molar-refractivity contribution >= 4 is 34.8 Å². The van der Waals surface area contributed by atoms with Crippen molar-refractivity contribution in [2.24, 2.45) is 0 Å². The van der Waals surface area contributed by atoms with Crippen molar-refractivity contribution in [2.75, 3.05) is 7.04 Å². The lowest BCUT2D eigenvalue weighted by atomic mass is 11.8. The summed E-state index contributed by atoms with van der Waals surface area (Å²) in [5, 5.41) is 3.19. The van der Waals surface area contributed by atoms with E-state index in [-0.39, 0.29) is 0 Å². The van der Waals surface area contributed by atoms with Crippen LogP contribution in [-0.4, -0.2) is 17.8 Å². The Morgan fingerprint density at radius 2 is 2.17 bits per heavy atom. The molecule has 0 aliphatic heterocycles. The van der Waals surface area contributed by atoms with Crippen LogP contribution >= 0.6 is 34.8 Å². The highest BCUT2D eigenvalue weighted by atomic mass is 35.6. The number of halogens is 3. The molecule has 0 aromatic carbocycles. The van der Waals surface area contributed by atoms with Crippen LogP contribution in [0, 0.1) is 0 Å². The molecule has 0 aromatic heterocycles. The molecule has 0 rings (SSSR count). The van der Waals surface area contributed by atoms with Crippen LogP contribution in [0.25, 0.3) is 0 Å². The second kappa shape index (κ2) is 9.27. The van der Waals surface area contributed by atoms with Gasteiger partial charge in [-0.2, -0.15) is 0 Å². The van der Waals surface area contributed by atoms with Crippen molar-refractivity contribution in [3.63, 3.8) is 0 Å². The van der Waals surface area contributed by atoms with Crippen LogP contribution in [0.5, 0.6) is 0 Å². The molecule has 0 aromatic rings. The molecule has 1 nitrogen and oxygen atoms in total. The average Bonchev–Trinajstić information content (AvgIpc) is 1.59. The Morgan fingerprint density at radius 3 is 2.17 bits per heavy atom. The molecule has 0 atom stereocenters. The number of hydrogen-bond donors (Lipinski definition) is 1. The van der Waals surface area contributed by atoms with E-state index in [9.17, 15) is 0 Å². The molecule has 0 saturated heterocycles. The fraction of sp³-hybridized carbons (Fsp3) is 1.00.